The summed E-state index contributed by atoms with van der Waals surface area (Å²) in [5.41, 5.74) is 7.03. The Bertz CT molecular complexity index is 1200. The first kappa shape index (κ1) is 20.5. The van der Waals surface area contributed by atoms with Gasteiger partial charge in [0.25, 0.3) is 13.3 Å². The second-order valence-electron chi connectivity index (χ2n) is 6.24. The van der Waals surface area contributed by atoms with Crippen LogP contribution in [-0.4, -0.2) is 18.0 Å². The number of nitriles is 1. The minimum absolute atomic E-state index is 0.00854. The van der Waals surface area contributed by atoms with Crippen molar-refractivity contribution < 1.29 is 18.3 Å². The molecule has 6 nitrogen and oxygen atoms in total. The molecule has 0 bridgehead atoms. The number of aromatic nitrogens is 1. The summed E-state index contributed by atoms with van der Waals surface area (Å²) in [5, 5.41) is 9.18. The zero-order valence-corrected chi connectivity index (χ0v) is 18.1. The van der Waals surface area contributed by atoms with E-state index >= 15 is 0 Å². The van der Waals surface area contributed by atoms with Crippen LogP contribution in [0, 0.1) is 27.6 Å². The van der Waals surface area contributed by atoms with E-state index in [2.05, 4.69) is 4.98 Å². The van der Waals surface area contributed by atoms with E-state index in [1.165, 1.54) is 7.11 Å². The van der Waals surface area contributed by atoms with Crippen molar-refractivity contribution in [3.63, 3.8) is 0 Å². The average Bonchev–Trinajstić information content (AvgIpc) is 3.05. The van der Waals surface area contributed by atoms with Gasteiger partial charge in [0.2, 0.25) is 0 Å². The van der Waals surface area contributed by atoms with Gasteiger partial charge in [-0.05, 0) is 64.9 Å². The van der Waals surface area contributed by atoms with Crippen molar-refractivity contribution in [3.05, 3.63) is 56.5 Å². The molecule has 3 N–H and O–H groups in total. The maximum Gasteiger partial charge on any atom is 0.266 e. The fraction of sp³-hybridized carbons (Fsp3) is 0.158. The third-order valence-corrected chi connectivity index (χ3v) is 7.69. The molecular weight excluding hydrogens is 495 g/mol. The lowest BCUT2D eigenvalue weighted by Crippen LogP contribution is -2.26. The van der Waals surface area contributed by atoms with Gasteiger partial charge in [-0.2, -0.15) is 5.26 Å². The molecule has 1 aromatic heterocycles. The molecule has 0 radical (unpaired) electrons. The molecule has 0 saturated carbocycles. The molecule has 3 aromatic rings. The SMILES string of the molecule is COP(=O)(c1cc(C)cc(CC#N)c1)c1c(C(N)=O)[nH]c2ccc(I)c(F)c12. The van der Waals surface area contributed by atoms with Gasteiger partial charge in [0.15, 0.2) is 0 Å². The number of aryl methyl sites for hydroxylation is 1. The Morgan fingerprint density at radius 1 is 1.39 bits per heavy atom. The summed E-state index contributed by atoms with van der Waals surface area (Å²) in [7, 11) is -2.66. The Morgan fingerprint density at radius 3 is 2.71 bits per heavy atom. The molecule has 28 heavy (non-hydrogen) atoms. The number of carbonyl (C=O) groups excluding carboxylic acids is 1. The summed E-state index contributed by atoms with van der Waals surface area (Å²) in [6, 6.07) is 10.2. The van der Waals surface area contributed by atoms with Crippen molar-refractivity contribution in [1.82, 2.24) is 4.98 Å². The molecule has 1 amide bonds. The van der Waals surface area contributed by atoms with Crippen LogP contribution in [-0.2, 0) is 15.5 Å². The number of aromatic amines is 1. The first-order chi connectivity index (χ1) is 13.2. The molecule has 0 fully saturated rings. The van der Waals surface area contributed by atoms with E-state index in [1.807, 2.05) is 28.7 Å². The molecule has 9 heteroatoms. The van der Waals surface area contributed by atoms with Gasteiger partial charge in [-0.3, -0.25) is 9.36 Å². The number of hydrogen-bond acceptors (Lipinski definition) is 4. The van der Waals surface area contributed by atoms with E-state index in [0.717, 1.165) is 5.56 Å². The quantitative estimate of drug-likeness (QED) is 0.405. The highest BCUT2D eigenvalue weighted by Gasteiger charge is 2.37. The number of H-pyrrole nitrogens is 1. The molecule has 1 unspecified atom stereocenters. The van der Waals surface area contributed by atoms with Crippen LogP contribution in [0.2, 0.25) is 0 Å². The fourth-order valence-electron chi connectivity index (χ4n) is 3.21. The van der Waals surface area contributed by atoms with E-state index in [1.54, 1.807) is 37.3 Å². The second-order valence-corrected chi connectivity index (χ2v) is 9.84. The molecule has 1 atom stereocenters. The molecule has 2 aromatic carbocycles. The van der Waals surface area contributed by atoms with Gasteiger partial charge in [0.1, 0.15) is 11.5 Å². The number of fused-ring (bicyclic) bond motifs is 1. The smallest absolute Gasteiger partial charge is 0.266 e. The van der Waals surface area contributed by atoms with E-state index in [-0.39, 0.29) is 28.1 Å². The Kier molecular flexibility index (Phi) is 5.62. The summed E-state index contributed by atoms with van der Waals surface area (Å²) in [4.78, 5) is 14.8. The summed E-state index contributed by atoms with van der Waals surface area (Å²) in [6.45, 7) is 1.79. The zero-order valence-electron chi connectivity index (χ0n) is 15.0. The van der Waals surface area contributed by atoms with Crippen molar-refractivity contribution >= 4 is 57.4 Å². The van der Waals surface area contributed by atoms with E-state index in [9.17, 15) is 13.8 Å². The Morgan fingerprint density at radius 2 is 2.11 bits per heavy atom. The van der Waals surface area contributed by atoms with Gasteiger partial charge in [-0.25, -0.2) is 4.39 Å². The zero-order chi connectivity index (χ0) is 20.6. The van der Waals surface area contributed by atoms with E-state index in [4.69, 9.17) is 15.5 Å². The minimum atomic E-state index is -3.90. The van der Waals surface area contributed by atoms with Gasteiger partial charge in [-0.1, -0.05) is 6.07 Å². The van der Waals surface area contributed by atoms with Gasteiger partial charge < -0.3 is 15.2 Å². The van der Waals surface area contributed by atoms with Crippen molar-refractivity contribution in [1.29, 1.82) is 5.26 Å². The standard InChI is InChI=1S/C19H16FIN3O3P/c1-10-7-11(5-6-22)9-12(8-10)28(26,27-2)18-15-14(24-17(18)19(23)25)4-3-13(21)16(15)20/h3-4,7-9,24H,5H2,1-2H3,(H2,23,25). The van der Waals surface area contributed by atoms with Crippen LogP contribution in [0.1, 0.15) is 21.6 Å². The molecule has 3 rings (SSSR count). The number of nitrogens with one attached hydrogen (secondary N) is 1. The number of nitrogens with zero attached hydrogens (tertiary/aromatic N) is 1. The molecule has 1 heterocycles. The first-order valence-electron chi connectivity index (χ1n) is 8.16. The van der Waals surface area contributed by atoms with E-state index in [0.29, 0.717) is 14.7 Å². The topological polar surface area (TPSA) is 109 Å². The summed E-state index contributed by atoms with van der Waals surface area (Å²) < 4.78 is 34.8. The molecule has 0 saturated heterocycles. The molecule has 0 aliphatic rings. The van der Waals surface area contributed by atoms with Crippen molar-refractivity contribution in [3.8, 4) is 6.07 Å². The largest absolute Gasteiger partial charge is 0.364 e. The molecule has 0 spiro atoms. The highest BCUT2D eigenvalue weighted by atomic mass is 127. The predicted octanol–water partition coefficient (Wildman–Crippen LogP) is 3.26. The first-order valence-corrected chi connectivity index (χ1v) is 10.9. The number of carbonyl (C=O) groups is 1. The normalized spacial score (nSPS) is 13.2. The molecule has 0 aliphatic carbocycles. The number of amides is 1. The Hall–Kier alpha value is -2.21. The van der Waals surface area contributed by atoms with Crippen LogP contribution in [0.15, 0.2) is 30.3 Å². The Labute approximate surface area is 174 Å². The van der Waals surface area contributed by atoms with Crippen LogP contribution in [0.5, 0.6) is 0 Å². The number of rotatable bonds is 5. The highest BCUT2D eigenvalue weighted by molar-refractivity contribution is 14.1. The van der Waals surface area contributed by atoms with E-state index < -0.39 is 19.1 Å². The highest BCUT2D eigenvalue weighted by Crippen LogP contribution is 2.48. The van der Waals surface area contributed by atoms with Crippen LogP contribution in [0.3, 0.4) is 0 Å². The van der Waals surface area contributed by atoms with Gasteiger partial charge in [0.05, 0.1) is 23.2 Å². The van der Waals surface area contributed by atoms with Gasteiger partial charge in [-0.15, -0.1) is 0 Å². The third kappa shape index (κ3) is 3.34. The Balaban J connectivity index is 2.43. The molecular formula is C19H16FIN3O3P. The summed E-state index contributed by atoms with van der Waals surface area (Å²) in [5.74, 6) is -1.48. The third-order valence-electron chi connectivity index (χ3n) is 4.37. The molecule has 144 valence electrons. The average molecular weight is 511 g/mol. The molecule has 0 aliphatic heterocycles. The van der Waals surface area contributed by atoms with Crippen LogP contribution >= 0.6 is 30.0 Å². The van der Waals surface area contributed by atoms with Gasteiger partial charge in [0, 0.05) is 21.5 Å². The predicted molar refractivity (Wildman–Crippen MR) is 114 cm³/mol. The lowest BCUT2D eigenvalue weighted by molar-refractivity contribution is 0.0997. The number of benzene rings is 2. The van der Waals surface area contributed by atoms with Crippen molar-refractivity contribution in [2.24, 2.45) is 5.73 Å². The fourth-order valence-corrected chi connectivity index (χ4v) is 5.99. The number of nitrogens with two attached hydrogens (primary N) is 1. The monoisotopic (exact) mass is 511 g/mol. The van der Waals surface area contributed by atoms with Gasteiger partial charge >= 0.3 is 0 Å². The minimum Gasteiger partial charge on any atom is -0.364 e. The number of primary amides is 1. The summed E-state index contributed by atoms with van der Waals surface area (Å²) in [6.07, 6.45) is 0.112. The summed E-state index contributed by atoms with van der Waals surface area (Å²) >= 11 is 1.82. The second kappa shape index (κ2) is 7.66. The maximum atomic E-state index is 15.0. The van der Waals surface area contributed by atoms with Crippen LogP contribution in [0.25, 0.3) is 10.9 Å². The van der Waals surface area contributed by atoms with Crippen LogP contribution in [0.4, 0.5) is 4.39 Å². The van der Waals surface area contributed by atoms with Crippen molar-refractivity contribution in [2.45, 2.75) is 13.3 Å². The number of hydrogen-bond donors (Lipinski definition) is 2. The lowest BCUT2D eigenvalue weighted by Gasteiger charge is -2.19. The lowest BCUT2D eigenvalue weighted by atomic mass is 10.1. The maximum absolute atomic E-state index is 15.0. The van der Waals surface area contributed by atoms with Crippen molar-refractivity contribution in [2.75, 3.05) is 7.11 Å². The number of halogens is 2. The van der Waals surface area contributed by atoms with Crippen LogP contribution < -0.4 is 16.3 Å².